The largest absolute Gasteiger partial charge is 0.361 e. The van der Waals surface area contributed by atoms with Crippen molar-refractivity contribution in [3.8, 4) is 0 Å². The molecule has 0 amide bonds. The second-order valence-corrected chi connectivity index (χ2v) is 5.98. The van der Waals surface area contributed by atoms with Gasteiger partial charge in [-0.25, -0.2) is 0 Å². The third kappa shape index (κ3) is 3.28. The summed E-state index contributed by atoms with van der Waals surface area (Å²) in [5.41, 5.74) is 1.20. The van der Waals surface area contributed by atoms with Crippen molar-refractivity contribution in [2.75, 3.05) is 6.54 Å². The van der Waals surface area contributed by atoms with E-state index in [-0.39, 0.29) is 0 Å². The molecule has 0 saturated heterocycles. The van der Waals surface area contributed by atoms with Gasteiger partial charge in [0.05, 0.1) is 12.7 Å². The van der Waals surface area contributed by atoms with Crippen LogP contribution in [0, 0.1) is 5.92 Å². The Balaban J connectivity index is 1.79. The summed E-state index contributed by atoms with van der Waals surface area (Å²) in [7, 11) is 1.94. The van der Waals surface area contributed by atoms with Crippen molar-refractivity contribution in [3.63, 3.8) is 0 Å². The van der Waals surface area contributed by atoms with Crippen LogP contribution in [-0.2, 0) is 13.6 Å². The van der Waals surface area contributed by atoms with Crippen molar-refractivity contribution in [1.82, 2.24) is 15.1 Å². The Morgan fingerprint density at radius 3 is 2.89 bits per heavy atom. The van der Waals surface area contributed by atoms with E-state index in [2.05, 4.69) is 29.3 Å². The quantitative estimate of drug-likeness (QED) is 0.890. The zero-order valence-electron chi connectivity index (χ0n) is 11.4. The normalized spacial score (nSPS) is 19.3. The fraction of sp³-hybridized carbons (Fsp3) is 0.692. The zero-order chi connectivity index (χ0) is 13.0. The van der Waals surface area contributed by atoms with E-state index in [1.807, 2.05) is 35.9 Å². The van der Waals surface area contributed by atoms with E-state index in [0.29, 0.717) is 5.25 Å². The number of aromatic nitrogens is 2. The fourth-order valence-corrected chi connectivity index (χ4v) is 3.61. The van der Waals surface area contributed by atoms with E-state index in [0.717, 1.165) is 24.2 Å². The maximum absolute atomic E-state index is 4.60. The van der Waals surface area contributed by atoms with Gasteiger partial charge in [0.15, 0.2) is 5.17 Å². The van der Waals surface area contributed by atoms with E-state index in [9.17, 15) is 0 Å². The number of amidine groups is 1. The minimum absolute atomic E-state index is 0.663. The highest BCUT2D eigenvalue weighted by Crippen LogP contribution is 2.30. The van der Waals surface area contributed by atoms with Crippen molar-refractivity contribution in [1.29, 1.82) is 0 Å². The summed E-state index contributed by atoms with van der Waals surface area (Å²) < 4.78 is 1.83. The lowest BCUT2D eigenvalue weighted by molar-refractivity contribution is 0.479. The van der Waals surface area contributed by atoms with Gasteiger partial charge in [0.2, 0.25) is 0 Å². The second kappa shape index (κ2) is 6.27. The average Bonchev–Trinajstić information content (AvgIpc) is 2.98. The molecule has 0 fully saturated rings. The number of rotatable bonds is 5. The van der Waals surface area contributed by atoms with Crippen LogP contribution in [0.25, 0.3) is 0 Å². The summed E-state index contributed by atoms with van der Waals surface area (Å²) in [5.74, 6) is 0.788. The van der Waals surface area contributed by atoms with Crippen LogP contribution in [-0.4, -0.2) is 26.7 Å². The van der Waals surface area contributed by atoms with Crippen LogP contribution < -0.4 is 5.32 Å². The highest BCUT2D eigenvalue weighted by Gasteiger charge is 2.25. The predicted octanol–water partition coefficient (Wildman–Crippen LogP) is 2.42. The molecule has 1 aromatic rings. The lowest BCUT2D eigenvalue weighted by Crippen LogP contribution is -2.21. The Morgan fingerprint density at radius 2 is 2.28 bits per heavy atom. The van der Waals surface area contributed by atoms with Crippen molar-refractivity contribution in [2.45, 2.75) is 38.5 Å². The molecule has 2 rings (SSSR count). The Kier molecular flexibility index (Phi) is 4.69. The lowest BCUT2D eigenvalue weighted by atomic mass is 9.99. The molecular formula is C13H22N4S. The molecule has 1 atom stereocenters. The minimum Gasteiger partial charge on any atom is -0.361 e. The van der Waals surface area contributed by atoms with Gasteiger partial charge in [-0.2, -0.15) is 5.10 Å². The van der Waals surface area contributed by atoms with E-state index < -0.39 is 0 Å². The number of nitrogens with one attached hydrogen (secondary N) is 1. The van der Waals surface area contributed by atoms with Gasteiger partial charge in [0, 0.05) is 30.6 Å². The Bertz CT molecular complexity index is 409. The van der Waals surface area contributed by atoms with E-state index in [1.165, 1.54) is 18.4 Å². The van der Waals surface area contributed by atoms with Crippen LogP contribution in [0.5, 0.6) is 0 Å². The first kappa shape index (κ1) is 13.5. The number of nitrogens with zero attached hydrogens (tertiary/aromatic N) is 3. The third-order valence-electron chi connectivity index (χ3n) is 3.45. The van der Waals surface area contributed by atoms with Crippen LogP contribution in [0.3, 0.4) is 0 Å². The Hall–Kier alpha value is -0.970. The van der Waals surface area contributed by atoms with Crippen LogP contribution in [0.2, 0.25) is 0 Å². The summed E-state index contributed by atoms with van der Waals surface area (Å²) >= 11 is 1.91. The van der Waals surface area contributed by atoms with Gasteiger partial charge >= 0.3 is 0 Å². The molecule has 0 radical (unpaired) electrons. The molecule has 0 spiro atoms. The van der Waals surface area contributed by atoms with Crippen LogP contribution in [0.1, 0.15) is 32.3 Å². The first-order chi connectivity index (χ1) is 8.72. The zero-order valence-corrected chi connectivity index (χ0v) is 12.2. The highest BCUT2D eigenvalue weighted by atomic mass is 32.2. The molecule has 1 N–H and O–H groups in total. The van der Waals surface area contributed by atoms with E-state index in [4.69, 9.17) is 0 Å². The van der Waals surface area contributed by atoms with Gasteiger partial charge in [-0.1, -0.05) is 38.5 Å². The van der Waals surface area contributed by atoms with Crippen molar-refractivity contribution >= 4 is 16.9 Å². The molecule has 5 heteroatoms. The van der Waals surface area contributed by atoms with Gasteiger partial charge < -0.3 is 5.32 Å². The van der Waals surface area contributed by atoms with Gasteiger partial charge in [0.1, 0.15) is 0 Å². The molecule has 0 aliphatic carbocycles. The lowest BCUT2D eigenvalue weighted by Gasteiger charge is -2.18. The summed E-state index contributed by atoms with van der Waals surface area (Å²) in [5, 5.41) is 9.32. The average molecular weight is 266 g/mol. The topological polar surface area (TPSA) is 42.2 Å². The number of aryl methyl sites for hydroxylation is 1. The highest BCUT2D eigenvalue weighted by molar-refractivity contribution is 8.14. The number of hydrogen-bond donors (Lipinski definition) is 1. The maximum Gasteiger partial charge on any atom is 0.157 e. The van der Waals surface area contributed by atoms with Crippen molar-refractivity contribution in [2.24, 2.45) is 18.0 Å². The molecule has 18 heavy (non-hydrogen) atoms. The fourth-order valence-electron chi connectivity index (χ4n) is 2.29. The van der Waals surface area contributed by atoms with Crippen molar-refractivity contribution < 1.29 is 0 Å². The van der Waals surface area contributed by atoms with Gasteiger partial charge in [-0.15, -0.1) is 0 Å². The van der Waals surface area contributed by atoms with Gasteiger partial charge in [-0.05, 0) is 5.92 Å². The molecule has 4 nitrogen and oxygen atoms in total. The SMILES string of the molecule is CCC(CC)C1CN=C(NCc2cnn(C)c2)S1. The van der Waals surface area contributed by atoms with Crippen LogP contribution in [0.4, 0.5) is 0 Å². The Morgan fingerprint density at radius 1 is 1.50 bits per heavy atom. The summed E-state index contributed by atoms with van der Waals surface area (Å²) in [4.78, 5) is 4.60. The Labute approximate surface area is 113 Å². The number of thioether (sulfide) groups is 1. The van der Waals surface area contributed by atoms with Gasteiger partial charge in [-0.3, -0.25) is 9.67 Å². The molecule has 2 heterocycles. The smallest absolute Gasteiger partial charge is 0.157 e. The van der Waals surface area contributed by atoms with E-state index >= 15 is 0 Å². The first-order valence-corrected chi connectivity index (χ1v) is 7.53. The summed E-state index contributed by atoms with van der Waals surface area (Å²) in [6, 6.07) is 0. The summed E-state index contributed by atoms with van der Waals surface area (Å²) in [6.07, 6.45) is 6.43. The molecule has 0 aromatic carbocycles. The maximum atomic E-state index is 4.60. The standard InChI is InChI=1S/C13H22N4S/c1-4-11(5-2)12-8-15-13(18-12)14-6-10-7-16-17(3)9-10/h7,9,11-12H,4-6,8H2,1-3H3,(H,14,15). The molecule has 0 saturated carbocycles. The van der Waals surface area contributed by atoms with Crippen LogP contribution in [0.15, 0.2) is 17.4 Å². The molecule has 1 aliphatic heterocycles. The minimum atomic E-state index is 0.663. The third-order valence-corrected chi connectivity index (χ3v) is 4.79. The van der Waals surface area contributed by atoms with Crippen LogP contribution >= 0.6 is 11.8 Å². The molecule has 0 bridgehead atoms. The number of aliphatic imine (C=N–C) groups is 1. The first-order valence-electron chi connectivity index (χ1n) is 6.65. The summed E-state index contributed by atoms with van der Waals surface area (Å²) in [6.45, 7) is 6.33. The number of hydrogen-bond acceptors (Lipinski definition) is 4. The monoisotopic (exact) mass is 266 g/mol. The molecule has 1 aromatic heterocycles. The molecule has 1 aliphatic rings. The molecule has 1 unspecified atom stereocenters. The molecule has 100 valence electrons. The van der Waals surface area contributed by atoms with Gasteiger partial charge in [0.25, 0.3) is 0 Å². The predicted molar refractivity (Wildman–Crippen MR) is 77.8 cm³/mol. The molecular weight excluding hydrogens is 244 g/mol. The second-order valence-electron chi connectivity index (χ2n) is 4.75. The van der Waals surface area contributed by atoms with E-state index in [1.54, 1.807) is 0 Å². The van der Waals surface area contributed by atoms with Crippen molar-refractivity contribution in [3.05, 3.63) is 18.0 Å².